The Morgan fingerprint density at radius 1 is 0.963 bits per heavy atom. The molecule has 1 aliphatic heterocycles. The molecule has 138 valence electrons. The predicted molar refractivity (Wildman–Crippen MR) is 97.5 cm³/mol. The number of aryl methyl sites for hydroxylation is 1. The van der Waals surface area contributed by atoms with Gasteiger partial charge in [0.2, 0.25) is 5.78 Å². The van der Waals surface area contributed by atoms with E-state index in [0.717, 1.165) is 16.9 Å². The molecule has 3 rings (SSSR count). The Morgan fingerprint density at radius 3 is 2.04 bits per heavy atom. The molecule has 27 heavy (non-hydrogen) atoms. The highest BCUT2D eigenvalue weighted by Crippen LogP contribution is 2.22. The number of ether oxygens (including phenoxy) is 1. The van der Waals surface area contributed by atoms with Crippen molar-refractivity contribution in [2.75, 3.05) is 6.54 Å². The van der Waals surface area contributed by atoms with Crippen molar-refractivity contribution in [1.82, 2.24) is 4.90 Å². The number of hydrogen-bond donors (Lipinski definition) is 0. The van der Waals surface area contributed by atoms with Gasteiger partial charge in [0.15, 0.2) is 6.10 Å². The summed E-state index contributed by atoms with van der Waals surface area (Å²) in [4.78, 5) is 49.9. The van der Waals surface area contributed by atoms with Crippen LogP contribution in [0.25, 0.3) is 0 Å². The van der Waals surface area contributed by atoms with Gasteiger partial charge in [0, 0.05) is 5.56 Å². The molecular formula is C21H19NO5. The highest BCUT2D eigenvalue weighted by Gasteiger charge is 2.37. The van der Waals surface area contributed by atoms with Crippen molar-refractivity contribution in [2.45, 2.75) is 26.4 Å². The Labute approximate surface area is 156 Å². The molecule has 2 aromatic carbocycles. The number of imide groups is 1. The van der Waals surface area contributed by atoms with Gasteiger partial charge in [-0.1, -0.05) is 43.3 Å². The van der Waals surface area contributed by atoms with Crippen LogP contribution < -0.4 is 0 Å². The summed E-state index contributed by atoms with van der Waals surface area (Å²) in [5.74, 6) is -2.23. The van der Waals surface area contributed by atoms with Gasteiger partial charge in [-0.25, -0.2) is 0 Å². The van der Waals surface area contributed by atoms with E-state index in [4.69, 9.17) is 4.74 Å². The van der Waals surface area contributed by atoms with Crippen LogP contribution >= 0.6 is 0 Å². The Hall–Kier alpha value is -3.28. The SMILES string of the molecule is CCc1ccc(C(=O)C(C)OC(=O)CN2C(=O)c3ccccc3C2=O)cc1. The molecule has 0 spiro atoms. The van der Waals surface area contributed by atoms with Crippen LogP contribution in [0.3, 0.4) is 0 Å². The first kappa shape index (κ1) is 18.5. The second kappa shape index (κ2) is 7.53. The molecule has 1 atom stereocenters. The van der Waals surface area contributed by atoms with Crippen molar-refractivity contribution in [3.8, 4) is 0 Å². The third kappa shape index (κ3) is 3.65. The standard InChI is InChI=1S/C21H19NO5/c1-3-14-8-10-15(11-9-14)19(24)13(2)27-18(23)12-22-20(25)16-6-4-5-7-17(16)21(22)26/h4-11,13H,3,12H2,1-2H3. The number of nitrogens with zero attached hydrogens (tertiary/aromatic N) is 1. The Balaban J connectivity index is 1.63. The Kier molecular flexibility index (Phi) is 5.16. The van der Waals surface area contributed by atoms with Crippen LogP contribution in [0.2, 0.25) is 0 Å². The molecule has 0 aliphatic carbocycles. The minimum atomic E-state index is -1.01. The maximum Gasteiger partial charge on any atom is 0.326 e. The first-order valence-corrected chi connectivity index (χ1v) is 8.70. The summed E-state index contributed by atoms with van der Waals surface area (Å²) in [5, 5.41) is 0. The lowest BCUT2D eigenvalue weighted by molar-refractivity contribution is -0.146. The van der Waals surface area contributed by atoms with Crippen LogP contribution in [0.15, 0.2) is 48.5 Å². The molecule has 0 radical (unpaired) electrons. The summed E-state index contributed by atoms with van der Waals surface area (Å²) >= 11 is 0. The summed E-state index contributed by atoms with van der Waals surface area (Å²) in [5.41, 5.74) is 2.06. The first-order valence-electron chi connectivity index (χ1n) is 8.70. The maximum atomic E-state index is 12.4. The average molecular weight is 365 g/mol. The van der Waals surface area contributed by atoms with E-state index in [0.29, 0.717) is 5.56 Å². The third-order valence-electron chi connectivity index (χ3n) is 4.49. The lowest BCUT2D eigenvalue weighted by atomic mass is 10.0. The maximum absolute atomic E-state index is 12.4. The number of ketones is 1. The van der Waals surface area contributed by atoms with Gasteiger partial charge in [-0.05, 0) is 31.0 Å². The molecule has 1 aliphatic rings. The number of hydrogen-bond acceptors (Lipinski definition) is 5. The van der Waals surface area contributed by atoms with Gasteiger partial charge in [0.25, 0.3) is 11.8 Å². The minimum absolute atomic E-state index is 0.260. The number of fused-ring (bicyclic) bond motifs is 1. The van der Waals surface area contributed by atoms with Gasteiger partial charge in [0.05, 0.1) is 11.1 Å². The van der Waals surface area contributed by atoms with Crippen molar-refractivity contribution in [2.24, 2.45) is 0 Å². The van der Waals surface area contributed by atoms with Crippen molar-refractivity contribution < 1.29 is 23.9 Å². The fraction of sp³-hybridized carbons (Fsp3) is 0.238. The van der Waals surface area contributed by atoms with Crippen molar-refractivity contribution in [3.63, 3.8) is 0 Å². The van der Waals surface area contributed by atoms with Crippen LogP contribution in [0.5, 0.6) is 0 Å². The summed E-state index contributed by atoms with van der Waals surface area (Å²) < 4.78 is 5.15. The molecular weight excluding hydrogens is 346 g/mol. The fourth-order valence-electron chi connectivity index (χ4n) is 2.94. The quantitative estimate of drug-likeness (QED) is 0.447. The highest BCUT2D eigenvalue weighted by molar-refractivity contribution is 6.22. The zero-order chi connectivity index (χ0) is 19.6. The molecule has 6 nitrogen and oxygen atoms in total. The molecule has 2 aromatic rings. The Morgan fingerprint density at radius 2 is 1.52 bits per heavy atom. The summed E-state index contributed by atoms with van der Waals surface area (Å²) in [6.45, 7) is 2.95. The number of esters is 1. The number of rotatable bonds is 6. The average Bonchev–Trinajstić information content (AvgIpc) is 2.92. The van der Waals surface area contributed by atoms with Crippen LogP contribution in [-0.2, 0) is 16.0 Å². The Bertz CT molecular complexity index is 881. The molecule has 0 aromatic heterocycles. The van der Waals surface area contributed by atoms with E-state index in [1.54, 1.807) is 24.3 Å². The molecule has 0 saturated heterocycles. The second-order valence-electron chi connectivity index (χ2n) is 6.29. The van der Waals surface area contributed by atoms with Crippen LogP contribution in [0.1, 0.15) is 50.5 Å². The number of benzene rings is 2. The van der Waals surface area contributed by atoms with Crippen molar-refractivity contribution >= 4 is 23.6 Å². The van der Waals surface area contributed by atoms with E-state index in [2.05, 4.69) is 0 Å². The van der Waals surface area contributed by atoms with Gasteiger partial charge in [-0.2, -0.15) is 0 Å². The number of Topliss-reactive ketones (excluding diaryl/α,β-unsaturated/α-hetero) is 1. The largest absolute Gasteiger partial charge is 0.453 e. The normalized spacial score (nSPS) is 14.1. The predicted octanol–water partition coefficient (Wildman–Crippen LogP) is 2.66. The molecule has 0 bridgehead atoms. The van der Waals surface area contributed by atoms with Gasteiger partial charge < -0.3 is 4.74 Å². The van der Waals surface area contributed by atoms with Crippen LogP contribution in [0.4, 0.5) is 0 Å². The summed E-state index contributed by atoms with van der Waals surface area (Å²) in [6, 6.07) is 13.4. The second-order valence-corrected chi connectivity index (χ2v) is 6.29. The molecule has 1 heterocycles. The van der Waals surface area contributed by atoms with Crippen LogP contribution in [-0.4, -0.2) is 41.1 Å². The molecule has 0 saturated carbocycles. The van der Waals surface area contributed by atoms with Gasteiger partial charge >= 0.3 is 5.97 Å². The van der Waals surface area contributed by atoms with E-state index >= 15 is 0 Å². The van der Waals surface area contributed by atoms with E-state index in [1.165, 1.54) is 19.1 Å². The zero-order valence-electron chi connectivity index (χ0n) is 15.1. The van der Waals surface area contributed by atoms with E-state index < -0.39 is 30.4 Å². The first-order chi connectivity index (χ1) is 12.9. The van der Waals surface area contributed by atoms with Crippen LogP contribution in [0, 0.1) is 0 Å². The smallest absolute Gasteiger partial charge is 0.326 e. The van der Waals surface area contributed by atoms with Gasteiger partial charge in [0.1, 0.15) is 6.54 Å². The minimum Gasteiger partial charge on any atom is -0.453 e. The monoisotopic (exact) mass is 365 g/mol. The topological polar surface area (TPSA) is 80.8 Å². The fourth-order valence-corrected chi connectivity index (χ4v) is 2.94. The van der Waals surface area contributed by atoms with E-state index in [1.807, 2.05) is 19.1 Å². The van der Waals surface area contributed by atoms with E-state index in [-0.39, 0.29) is 16.9 Å². The lowest BCUT2D eigenvalue weighted by Crippen LogP contribution is -2.37. The van der Waals surface area contributed by atoms with Gasteiger partial charge in [-0.3, -0.25) is 24.1 Å². The summed E-state index contributed by atoms with van der Waals surface area (Å²) in [7, 11) is 0. The highest BCUT2D eigenvalue weighted by atomic mass is 16.5. The van der Waals surface area contributed by atoms with Crippen molar-refractivity contribution in [3.05, 3.63) is 70.8 Å². The zero-order valence-corrected chi connectivity index (χ0v) is 15.1. The molecule has 2 amide bonds. The molecule has 0 fully saturated rings. The molecule has 1 unspecified atom stereocenters. The number of amides is 2. The van der Waals surface area contributed by atoms with Crippen molar-refractivity contribution in [1.29, 1.82) is 0 Å². The summed E-state index contributed by atoms with van der Waals surface area (Å²) in [6.07, 6.45) is -0.153. The van der Waals surface area contributed by atoms with Gasteiger partial charge in [-0.15, -0.1) is 0 Å². The number of carbonyl (C=O) groups excluding carboxylic acids is 4. The van der Waals surface area contributed by atoms with E-state index in [9.17, 15) is 19.2 Å². The molecule has 0 N–H and O–H groups in total. The lowest BCUT2D eigenvalue weighted by Gasteiger charge is -2.16. The number of carbonyl (C=O) groups is 4. The third-order valence-corrected chi connectivity index (χ3v) is 4.49. The molecule has 6 heteroatoms.